The van der Waals surface area contributed by atoms with E-state index in [9.17, 15) is 4.79 Å². The second kappa shape index (κ2) is 3.92. The van der Waals surface area contributed by atoms with Crippen molar-refractivity contribution in [2.75, 3.05) is 0 Å². The van der Waals surface area contributed by atoms with Gasteiger partial charge in [-0.1, -0.05) is 40.0 Å². The number of rotatable bonds is 1. The second-order valence-corrected chi connectivity index (χ2v) is 6.61. The van der Waals surface area contributed by atoms with Gasteiger partial charge in [0, 0.05) is 12.8 Å². The van der Waals surface area contributed by atoms with Crippen LogP contribution in [0.4, 0.5) is 0 Å². The lowest BCUT2D eigenvalue weighted by Gasteiger charge is -2.46. The Kier molecular flexibility index (Phi) is 2.92. The molecule has 2 aliphatic carbocycles. The molecule has 2 saturated carbocycles. The number of carbonyl (C=O) groups is 1. The summed E-state index contributed by atoms with van der Waals surface area (Å²) in [7, 11) is 0. The van der Waals surface area contributed by atoms with Gasteiger partial charge >= 0.3 is 0 Å². The Balaban J connectivity index is 2.09. The molecule has 0 aromatic rings. The highest BCUT2D eigenvalue weighted by molar-refractivity contribution is 5.79. The molecule has 0 bridgehead atoms. The summed E-state index contributed by atoms with van der Waals surface area (Å²) >= 11 is 0. The minimum absolute atomic E-state index is 0.390. The van der Waals surface area contributed by atoms with Crippen LogP contribution in [0.1, 0.15) is 59.3 Å². The Morgan fingerprint density at radius 1 is 1.13 bits per heavy atom. The van der Waals surface area contributed by atoms with Gasteiger partial charge in [-0.05, 0) is 29.6 Å². The molecule has 0 spiro atoms. The van der Waals surface area contributed by atoms with Gasteiger partial charge in [0.1, 0.15) is 5.78 Å². The minimum atomic E-state index is 0.390. The molecule has 0 amide bonds. The molecule has 0 radical (unpaired) electrons. The molecule has 2 aliphatic rings. The fourth-order valence-electron chi connectivity index (χ4n) is 3.48. The summed E-state index contributed by atoms with van der Waals surface area (Å²) in [4.78, 5) is 11.6. The van der Waals surface area contributed by atoms with Crippen molar-refractivity contribution < 1.29 is 4.79 Å². The third-order valence-corrected chi connectivity index (χ3v) is 4.58. The average molecular weight is 208 g/mol. The van der Waals surface area contributed by atoms with E-state index in [1.807, 2.05) is 0 Å². The summed E-state index contributed by atoms with van der Waals surface area (Å²) in [6, 6.07) is 0. The highest BCUT2D eigenvalue weighted by Gasteiger charge is 2.42. The maximum absolute atomic E-state index is 11.6. The van der Waals surface area contributed by atoms with Crippen LogP contribution in [0.15, 0.2) is 0 Å². The van der Waals surface area contributed by atoms with Gasteiger partial charge in [-0.2, -0.15) is 0 Å². The first-order chi connectivity index (χ1) is 6.98. The van der Waals surface area contributed by atoms with Crippen molar-refractivity contribution in [2.45, 2.75) is 59.3 Å². The van der Waals surface area contributed by atoms with Gasteiger partial charge in [0.25, 0.3) is 0 Å². The van der Waals surface area contributed by atoms with Crippen LogP contribution in [0.25, 0.3) is 0 Å². The molecule has 2 atom stereocenters. The molecule has 0 aliphatic heterocycles. The third kappa shape index (κ3) is 2.26. The monoisotopic (exact) mass is 208 g/mol. The normalized spacial score (nSPS) is 33.9. The fraction of sp³-hybridized carbons (Fsp3) is 0.929. The van der Waals surface area contributed by atoms with Crippen molar-refractivity contribution in [1.29, 1.82) is 0 Å². The van der Waals surface area contributed by atoms with E-state index in [2.05, 4.69) is 20.8 Å². The third-order valence-electron chi connectivity index (χ3n) is 4.58. The van der Waals surface area contributed by atoms with Crippen molar-refractivity contribution in [2.24, 2.45) is 23.2 Å². The Bertz CT molecular complexity index is 245. The summed E-state index contributed by atoms with van der Waals surface area (Å²) in [6.45, 7) is 7.04. The van der Waals surface area contributed by atoms with Gasteiger partial charge in [0.05, 0.1) is 0 Å². The number of Topliss-reactive ketones (excluding diaryl/α,β-unsaturated/α-hetero) is 1. The van der Waals surface area contributed by atoms with E-state index in [4.69, 9.17) is 0 Å². The number of ketones is 1. The van der Waals surface area contributed by atoms with Crippen LogP contribution in [-0.4, -0.2) is 5.78 Å². The van der Waals surface area contributed by atoms with E-state index < -0.39 is 0 Å². The average Bonchev–Trinajstić information content (AvgIpc) is 1.98. The van der Waals surface area contributed by atoms with Crippen LogP contribution in [0, 0.1) is 23.2 Å². The molecule has 0 aromatic heterocycles. The molecule has 1 nitrogen and oxygen atoms in total. The molecular formula is C14H24O. The van der Waals surface area contributed by atoms with E-state index in [-0.39, 0.29) is 0 Å². The van der Waals surface area contributed by atoms with Crippen LogP contribution < -0.4 is 0 Å². The molecule has 15 heavy (non-hydrogen) atoms. The predicted octanol–water partition coefficient (Wildman–Crippen LogP) is 3.82. The Morgan fingerprint density at radius 3 is 2.27 bits per heavy atom. The second-order valence-electron chi connectivity index (χ2n) is 6.61. The molecule has 0 saturated heterocycles. The number of hydrogen-bond acceptors (Lipinski definition) is 1. The summed E-state index contributed by atoms with van der Waals surface area (Å²) in [5.74, 6) is 2.88. The first kappa shape index (κ1) is 11.2. The fourth-order valence-corrected chi connectivity index (χ4v) is 3.48. The zero-order chi connectivity index (χ0) is 11.1. The standard InChI is InChI=1S/C14H24O/c1-14(2,3)13-8-7-11(15)9-12(13)10-5-4-6-10/h10,12-13H,4-9H2,1-3H3. The molecule has 0 heterocycles. The van der Waals surface area contributed by atoms with Gasteiger partial charge in [0.2, 0.25) is 0 Å². The van der Waals surface area contributed by atoms with E-state index in [0.717, 1.165) is 31.1 Å². The van der Waals surface area contributed by atoms with Gasteiger partial charge in [0.15, 0.2) is 0 Å². The zero-order valence-electron chi connectivity index (χ0n) is 10.4. The van der Waals surface area contributed by atoms with Crippen molar-refractivity contribution >= 4 is 5.78 Å². The van der Waals surface area contributed by atoms with Crippen LogP contribution in [0.2, 0.25) is 0 Å². The summed E-state index contributed by atoms with van der Waals surface area (Å²) < 4.78 is 0. The van der Waals surface area contributed by atoms with Gasteiger partial charge in [-0.25, -0.2) is 0 Å². The Hall–Kier alpha value is -0.330. The van der Waals surface area contributed by atoms with Crippen molar-refractivity contribution in [3.63, 3.8) is 0 Å². The van der Waals surface area contributed by atoms with E-state index in [1.54, 1.807) is 0 Å². The molecular weight excluding hydrogens is 184 g/mol. The molecule has 2 rings (SSSR count). The maximum Gasteiger partial charge on any atom is 0.133 e. The molecule has 0 aromatic carbocycles. The summed E-state index contributed by atoms with van der Waals surface area (Å²) in [5.41, 5.74) is 0.390. The first-order valence-corrected chi connectivity index (χ1v) is 6.50. The highest BCUT2D eigenvalue weighted by Crippen LogP contribution is 2.49. The molecule has 2 fully saturated rings. The quantitative estimate of drug-likeness (QED) is 0.640. The molecule has 86 valence electrons. The lowest BCUT2D eigenvalue weighted by Crippen LogP contribution is -2.40. The molecule has 1 heteroatoms. The van der Waals surface area contributed by atoms with Crippen LogP contribution in [-0.2, 0) is 4.79 Å². The van der Waals surface area contributed by atoms with Gasteiger partial charge < -0.3 is 0 Å². The van der Waals surface area contributed by atoms with E-state index >= 15 is 0 Å². The molecule has 0 N–H and O–H groups in total. The van der Waals surface area contributed by atoms with Crippen LogP contribution in [0.3, 0.4) is 0 Å². The topological polar surface area (TPSA) is 17.1 Å². The summed E-state index contributed by atoms with van der Waals surface area (Å²) in [6.07, 6.45) is 7.02. The number of carbonyl (C=O) groups excluding carboxylic acids is 1. The van der Waals surface area contributed by atoms with E-state index in [1.165, 1.54) is 19.3 Å². The minimum Gasteiger partial charge on any atom is -0.300 e. The van der Waals surface area contributed by atoms with Crippen molar-refractivity contribution in [3.05, 3.63) is 0 Å². The predicted molar refractivity (Wildman–Crippen MR) is 62.6 cm³/mol. The molecule has 2 unspecified atom stereocenters. The summed E-state index contributed by atoms with van der Waals surface area (Å²) in [5, 5.41) is 0. The van der Waals surface area contributed by atoms with Crippen molar-refractivity contribution in [1.82, 2.24) is 0 Å². The van der Waals surface area contributed by atoms with Gasteiger partial charge in [-0.3, -0.25) is 4.79 Å². The number of hydrogen-bond donors (Lipinski definition) is 0. The zero-order valence-corrected chi connectivity index (χ0v) is 10.4. The highest BCUT2D eigenvalue weighted by atomic mass is 16.1. The van der Waals surface area contributed by atoms with Crippen LogP contribution in [0.5, 0.6) is 0 Å². The Morgan fingerprint density at radius 2 is 1.80 bits per heavy atom. The van der Waals surface area contributed by atoms with Gasteiger partial charge in [-0.15, -0.1) is 0 Å². The van der Waals surface area contributed by atoms with E-state index in [0.29, 0.717) is 17.1 Å². The lowest BCUT2D eigenvalue weighted by atomic mass is 9.58. The maximum atomic E-state index is 11.6. The van der Waals surface area contributed by atoms with Crippen LogP contribution >= 0.6 is 0 Å². The smallest absolute Gasteiger partial charge is 0.133 e. The largest absolute Gasteiger partial charge is 0.300 e. The Labute approximate surface area is 93.6 Å². The van der Waals surface area contributed by atoms with Crippen molar-refractivity contribution in [3.8, 4) is 0 Å². The first-order valence-electron chi connectivity index (χ1n) is 6.50. The lowest BCUT2D eigenvalue weighted by molar-refractivity contribution is -0.125. The SMILES string of the molecule is CC(C)(C)C1CCC(=O)CC1C1CCC1.